The van der Waals surface area contributed by atoms with E-state index in [1.54, 1.807) is 0 Å². The largest absolute Gasteiger partial charge is 0.494 e. The van der Waals surface area contributed by atoms with Crippen molar-refractivity contribution in [3.8, 4) is 11.5 Å². The lowest BCUT2D eigenvalue weighted by Gasteiger charge is -2.16. The maximum atomic E-state index is 13.0. The Morgan fingerprint density at radius 3 is 2.24 bits per heavy atom. The van der Waals surface area contributed by atoms with Crippen LogP contribution in [0.15, 0.2) is 24.3 Å². The van der Waals surface area contributed by atoms with Gasteiger partial charge in [-0.25, -0.2) is 0 Å². The van der Waals surface area contributed by atoms with Gasteiger partial charge in [0.15, 0.2) is 5.52 Å². The molecule has 4 heteroatoms. The van der Waals surface area contributed by atoms with Crippen molar-refractivity contribution in [2.45, 2.75) is 41.5 Å². The lowest BCUT2D eigenvalue weighted by molar-refractivity contribution is 0.108. The van der Waals surface area contributed by atoms with Gasteiger partial charge in [0.05, 0.1) is 13.2 Å². The highest BCUT2D eigenvalue weighted by atomic mass is 31.1. The van der Waals surface area contributed by atoms with E-state index in [4.69, 9.17) is 9.47 Å². The van der Waals surface area contributed by atoms with Gasteiger partial charge in [0, 0.05) is 16.9 Å². The molecule has 0 aliphatic rings. The van der Waals surface area contributed by atoms with E-state index in [-0.39, 0.29) is 14.1 Å². The first-order chi connectivity index (χ1) is 11.9. The molecule has 0 fully saturated rings. The molecule has 0 aliphatic carbocycles. The maximum absolute atomic E-state index is 13.0. The normalized spacial score (nSPS) is 11.1. The van der Waals surface area contributed by atoms with Crippen LogP contribution in [0.3, 0.4) is 0 Å². The SMILES string of the molecule is CCOc1ccc(PC(=O)c2c(C)cc(C)c(C)c2C)c(OCC)c1. The fourth-order valence-electron chi connectivity index (χ4n) is 2.96. The molecule has 0 aromatic heterocycles. The number of carbonyl (C=O) groups is 1. The van der Waals surface area contributed by atoms with Crippen molar-refractivity contribution >= 4 is 19.4 Å². The molecule has 0 N–H and O–H groups in total. The average molecular weight is 358 g/mol. The standard InChI is InChI=1S/C21H27O3P/c1-7-23-17-9-10-19(18(12-17)24-8-2)25-21(22)20-14(4)11-13(3)15(5)16(20)6/h9-12,25H,7-8H2,1-6H3. The van der Waals surface area contributed by atoms with Gasteiger partial charge in [-0.3, -0.25) is 4.79 Å². The lowest BCUT2D eigenvalue weighted by atomic mass is 9.95. The van der Waals surface area contributed by atoms with Crippen LogP contribution >= 0.6 is 8.58 Å². The van der Waals surface area contributed by atoms with E-state index in [0.29, 0.717) is 13.2 Å². The summed E-state index contributed by atoms with van der Waals surface area (Å²) >= 11 is 0. The molecule has 2 rings (SSSR count). The van der Waals surface area contributed by atoms with Crippen LogP contribution in [-0.4, -0.2) is 18.7 Å². The summed E-state index contributed by atoms with van der Waals surface area (Å²) in [4.78, 5) is 13.0. The smallest absolute Gasteiger partial charge is 0.186 e. The van der Waals surface area contributed by atoms with Crippen LogP contribution in [-0.2, 0) is 0 Å². The van der Waals surface area contributed by atoms with Crippen LogP contribution in [0.1, 0.15) is 46.5 Å². The predicted octanol–water partition coefficient (Wildman–Crippen LogP) is 4.86. The van der Waals surface area contributed by atoms with E-state index in [1.165, 1.54) is 11.1 Å². The molecule has 0 saturated heterocycles. The molecule has 0 radical (unpaired) electrons. The number of ether oxygens (including phenoxy) is 2. The van der Waals surface area contributed by atoms with Crippen molar-refractivity contribution in [1.29, 1.82) is 0 Å². The van der Waals surface area contributed by atoms with Crippen LogP contribution in [0.4, 0.5) is 0 Å². The Bertz CT molecular complexity index is 781. The van der Waals surface area contributed by atoms with Gasteiger partial charge >= 0.3 is 0 Å². The molecule has 0 spiro atoms. The molecule has 1 unspecified atom stereocenters. The van der Waals surface area contributed by atoms with Crippen molar-refractivity contribution in [3.05, 3.63) is 52.1 Å². The number of rotatable bonds is 7. The minimum absolute atomic E-state index is 0.0293. The second-order valence-corrected chi connectivity index (χ2v) is 7.36. The minimum Gasteiger partial charge on any atom is -0.494 e. The minimum atomic E-state index is 0.0293. The summed E-state index contributed by atoms with van der Waals surface area (Å²) < 4.78 is 11.3. The zero-order valence-electron chi connectivity index (χ0n) is 15.9. The summed E-state index contributed by atoms with van der Waals surface area (Å²) in [5, 5.41) is 0.923. The Balaban J connectivity index is 2.36. The van der Waals surface area contributed by atoms with E-state index >= 15 is 0 Å². The van der Waals surface area contributed by atoms with Gasteiger partial charge in [-0.2, -0.15) is 0 Å². The first-order valence-electron chi connectivity index (χ1n) is 8.67. The quantitative estimate of drug-likeness (QED) is 0.663. The molecule has 3 nitrogen and oxygen atoms in total. The molecule has 1 atom stereocenters. The Kier molecular flexibility index (Phi) is 6.61. The zero-order valence-corrected chi connectivity index (χ0v) is 16.9. The van der Waals surface area contributed by atoms with Gasteiger partial charge in [0.1, 0.15) is 11.5 Å². The Morgan fingerprint density at radius 2 is 1.60 bits per heavy atom. The first kappa shape index (κ1) is 19.5. The summed E-state index contributed by atoms with van der Waals surface area (Å²) in [6, 6.07) is 7.82. The van der Waals surface area contributed by atoms with Crippen LogP contribution in [0.5, 0.6) is 11.5 Å². The van der Waals surface area contributed by atoms with Crippen molar-refractivity contribution in [2.24, 2.45) is 0 Å². The van der Waals surface area contributed by atoms with Crippen LogP contribution in [0.25, 0.3) is 0 Å². The van der Waals surface area contributed by atoms with Crippen LogP contribution in [0.2, 0.25) is 0 Å². The van der Waals surface area contributed by atoms with Crippen molar-refractivity contribution in [1.82, 2.24) is 0 Å². The average Bonchev–Trinajstić information content (AvgIpc) is 2.55. The molecule has 0 saturated carbocycles. The van der Waals surface area contributed by atoms with Gasteiger partial charge in [-0.15, -0.1) is 0 Å². The zero-order chi connectivity index (χ0) is 18.6. The third-order valence-corrected chi connectivity index (χ3v) is 5.56. The van der Waals surface area contributed by atoms with Gasteiger partial charge in [-0.05, 0) is 84.5 Å². The number of hydrogen-bond donors (Lipinski definition) is 0. The van der Waals surface area contributed by atoms with Crippen LogP contribution < -0.4 is 14.8 Å². The fraction of sp³-hybridized carbons (Fsp3) is 0.381. The highest BCUT2D eigenvalue weighted by molar-refractivity contribution is 7.66. The topological polar surface area (TPSA) is 35.5 Å². The second kappa shape index (κ2) is 8.49. The molecule has 2 aromatic carbocycles. The second-order valence-electron chi connectivity index (χ2n) is 6.11. The van der Waals surface area contributed by atoms with Crippen molar-refractivity contribution < 1.29 is 14.3 Å². The van der Waals surface area contributed by atoms with Crippen LogP contribution in [0, 0.1) is 27.7 Å². The summed E-state index contributed by atoms with van der Waals surface area (Å²) in [5.41, 5.74) is 5.54. The van der Waals surface area contributed by atoms with E-state index in [9.17, 15) is 4.79 Å². The summed E-state index contributed by atoms with van der Waals surface area (Å²) in [7, 11) is 0.0293. The van der Waals surface area contributed by atoms with Gasteiger partial charge in [-0.1, -0.05) is 6.07 Å². The molecular weight excluding hydrogens is 331 g/mol. The van der Waals surface area contributed by atoms with Gasteiger partial charge < -0.3 is 9.47 Å². The van der Waals surface area contributed by atoms with E-state index in [1.807, 2.05) is 45.9 Å². The van der Waals surface area contributed by atoms with Gasteiger partial charge in [0.25, 0.3) is 0 Å². The first-order valence-corrected chi connectivity index (χ1v) is 9.67. The molecule has 0 bridgehead atoms. The summed E-state index contributed by atoms with van der Waals surface area (Å²) in [6.07, 6.45) is 0. The van der Waals surface area contributed by atoms with Gasteiger partial charge in [0.2, 0.25) is 0 Å². The number of aryl methyl sites for hydroxylation is 2. The third-order valence-electron chi connectivity index (χ3n) is 4.40. The molecular formula is C21H27O3P. The van der Waals surface area contributed by atoms with E-state index in [0.717, 1.165) is 33.5 Å². The van der Waals surface area contributed by atoms with Crippen molar-refractivity contribution in [3.63, 3.8) is 0 Å². The molecule has 0 heterocycles. The highest BCUT2D eigenvalue weighted by Crippen LogP contribution is 2.31. The molecule has 0 amide bonds. The molecule has 2 aromatic rings. The predicted molar refractivity (Wildman–Crippen MR) is 106 cm³/mol. The Morgan fingerprint density at radius 1 is 0.920 bits per heavy atom. The summed E-state index contributed by atoms with van der Waals surface area (Å²) in [6.45, 7) is 13.3. The fourth-order valence-corrected chi connectivity index (χ4v) is 4.14. The monoisotopic (exact) mass is 358 g/mol. The van der Waals surface area contributed by atoms with Crippen molar-refractivity contribution in [2.75, 3.05) is 13.2 Å². The third kappa shape index (κ3) is 4.41. The van der Waals surface area contributed by atoms with E-state index in [2.05, 4.69) is 19.9 Å². The molecule has 0 aliphatic heterocycles. The highest BCUT2D eigenvalue weighted by Gasteiger charge is 2.18. The molecule has 134 valence electrons. The number of carbonyl (C=O) groups excluding carboxylic acids is 1. The lowest BCUT2D eigenvalue weighted by Crippen LogP contribution is -2.10. The number of hydrogen-bond acceptors (Lipinski definition) is 3. The van der Waals surface area contributed by atoms with E-state index < -0.39 is 0 Å². The Hall–Kier alpha value is -1.86. The number of benzene rings is 2. The molecule has 25 heavy (non-hydrogen) atoms. The Labute approximate surface area is 152 Å². The summed E-state index contributed by atoms with van der Waals surface area (Å²) in [5.74, 6) is 1.50. The maximum Gasteiger partial charge on any atom is 0.186 e.